The van der Waals surface area contributed by atoms with Crippen LogP contribution >= 0.6 is 0 Å². The normalized spacial score (nSPS) is 44.6. The molecule has 1 aliphatic rings. The van der Waals surface area contributed by atoms with E-state index in [2.05, 4.69) is 0 Å². The zero-order valence-corrected chi connectivity index (χ0v) is 10.9. The molecular formula is C11H22O5. The van der Waals surface area contributed by atoms with Crippen LogP contribution in [0.3, 0.4) is 0 Å². The minimum absolute atomic E-state index is 0.140. The van der Waals surface area contributed by atoms with Crippen molar-refractivity contribution in [1.82, 2.24) is 0 Å². The van der Waals surface area contributed by atoms with Crippen LogP contribution in [0.1, 0.15) is 13.8 Å². The maximum absolute atomic E-state index is 5.73. The molecule has 1 heterocycles. The summed E-state index contributed by atoms with van der Waals surface area (Å²) in [7, 11) is 6.48. The largest absolute Gasteiger partial charge is 0.375 e. The van der Waals surface area contributed by atoms with Crippen molar-refractivity contribution in [3.05, 3.63) is 0 Å². The molecule has 5 nitrogen and oxygen atoms in total. The monoisotopic (exact) mass is 234 g/mol. The second-order valence-electron chi connectivity index (χ2n) is 4.13. The van der Waals surface area contributed by atoms with Gasteiger partial charge in [0, 0.05) is 28.4 Å². The fraction of sp³-hybridized carbons (Fsp3) is 1.00. The van der Waals surface area contributed by atoms with Crippen LogP contribution in [0, 0.1) is 0 Å². The molecule has 1 fully saturated rings. The van der Waals surface area contributed by atoms with Crippen molar-refractivity contribution in [2.24, 2.45) is 0 Å². The molecule has 1 saturated heterocycles. The zero-order chi connectivity index (χ0) is 12.3. The summed E-state index contributed by atoms with van der Waals surface area (Å²) in [5.74, 6) is 0. The summed E-state index contributed by atoms with van der Waals surface area (Å²) in [6, 6.07) is 0. The second kappa shape index (κ2) is 5.42. The fourth-order valence-electron chi connectivity index (χ4n) is 2.19. The molecule has 0 aliphatic carbocycles. The lowest BCUT2D eigenvalue weighted by molar-refractivity contribution is -0.327. The van der Waals surface area contributed by atoms with Crippen LogP contribution in [0.5, 0.6) is 0 Å². The van der Waals surface area contributed by atoms with E-state index >= 15 is 0 Å². The SMILES string of the molecule is CO[C@H]1O[C@@H](C)[C@@](C)(OC)[C@H](OC)[C@H]1OC. The van der Waals surface area contributed by atoms with Gasteiger partial charge in [-0.1, -0.05) is 0 Å². The highest BCUT2D eigenvalue weighted by Gasteiger charge is 2.53. The molecule has 0 saturated carbocycles. The fourth-order valence-corrected chi connectivity index (χ4v) is 2.19. The molecule has 0 spiro atoms. The van der Waals surface area contributed by atoms with Gasteiger partial charge in [-0.25, -0.2) is 0 Å². The molecule has 1 rings (SSSR count). The van der Waals surface area contributed by atoms with Crippen molar-refractivity contribution in [1.29, 1.82) is 0 Å². The van der Waals surface area contributed by atoms with Gasteiger partial charge in [0.15, 0.2) is 6.29 Å². The Balaban J connectivity index is 2.97. The number of ether oxygens (including phenoxy) is 5. The van der Waals surface area contributed by atoms with Crippen LogP contribution in [0.4, 0.5) is 0 Å². The number of rotatable bonds is 4. The molecule has 0 N–H and O–H groups in total. The van der Waals surface area contributed by atoms with Crippen LogP contribution in [0.2, 0.25) is 0 Å². The molecule has 16 heavy (non-hydrogen) atoms. The topological polar surface area (TPSA) is 46.2 Å². The Hall–Kier alpha value is -0.200. The molecule has 0 aromatic rings. The van der Waals surface area contributed by atoms with Gasteiger partial charge in [0.25, 0.3) is 0 Å². The molecule has 5 atom stereocenters. The van der Waals surface area contributed by atoms with E-state index < -0.39 is 11.9 Å². The average molecular weight is 234 g/mol. The van der Waals surface area contributed by atoms with Crippen LogP contribution < -0.4 is 0 Å². The van der Waals surface area contributed by atoms with E-state index in [-0.39, 0.29) is 18.3 Å². The Morgan fingerprint density at radius 2 is 1.62 bits per heavy atom. The Morgan fingerprint density at radius 3 is 2.00 bits per heavy atom. The third-order valence-electron chi connectivity index (χ3n) is 3.48. The van der Waals surface area contributed by atoms with Gasteiger partial charge in [0.2, 0.25) is 0 Å². The Labute approximate surface area is 97.0 Å². The number of hydrogen-bond acceptors (Lipinski definition) is 5. The summed E-state index contributed by atoms with van der Waals surface area (Å²) < 4.78 is 27.4. The van der Waals surface area contributed by atoms with Crippen molar-refractivity contribution in [2.75, 3.05) is 28.4 Å². The first-order valence-corrected chi connectivity index (χ1v) is 5.34. The third-order valence-corrected chi connectivity index (χ3v) is 3.48. The van der Waals surface area contributed by atoms with E-state index in [1.165, 1.54) is 0 Å². The van der Waals surface area contributed by atoms with E-state index in [0.29, 0.717) is 0 Å². The highest BCUT2D eigenvalue weighted by atomic mass is 16.7. The predicted molar refractivity (Wildman–Crippen MR) is 58.4 cm³/mol. The molecule has 0 bridgehead atoms. The van der Waals surface area contributed by atoms with E-state index in [4.69, 9.17) is 23.7 Å². The van der Waals surface area contributed by atoms with Gasteiger partial charge >= 0.3 is 0 Å². The Bertz CT molecular complexity index is 222. The molecule has 0 aromatic heterocycles. The lowest BCUT2D eigenvalue weighted by Gasteiger charge is -2.49. The molecule has 96 valence electrons. The molecule has 0 amide bonds. The first-order valence-electron chi connectivity index (χ1n) is 5.34. The van der Waals surface area contributed by atoms with Crippen LogP contribution in [0.15, 0.2) is 0 Å². The minimum atomic E-state index is -0.551. The predicted octanol–water partition coefficient (Wildman–Crippen LogP) is 0.813. The van der Waals surface area contributed by atoms with Gasteiger partial charge in [-0.05, 0) is 13.8 Å². The maximum Gasteiger partial charge on any atom is 0.186 e. The molecule has 0 unspecified atom stereocenters. The third kappa shape index (κ3) is 2.10. The van der Waals surface area contributed by atoms with Gasteiger partial charge in [0.1, 0.15) is 17.8 Å². The Kier molecular flexibility index (Phi) is 4.70. The van der Waals surface area contributed by atoms with Crippen molar-refractivity contribution in [3.63, 3.8) is 0 Å². The molecule has 0 aromatic carbocycles. The van der Waals surface area contributed by atoms with E-state index in [1.54, 1.807) is 28.4 Å². The average Bonchev–Trinajstić information content (AvgIpc) is 2.31. The number of methoxy groups -OCH3 is 4. The van der Waals surface area contributed by atoms with Crippen molar-refractivity contribution >= 4 is 0 Å². The summed E-state index contributed by atoms with van der Waals surface area (Å²) >= 11 is 0. The lowest BCUT2D eigenvalue weighted by atomic mass is 9.86. The van der Waals surface area contributed by atoms with Gasteiger partial charge in [-0.3, -0.25) is 0 Å². The van der Waals surface area contributed by atoms with E-state index in [9.17, 15) is 0 Å². The lowest BCUT2D eigenvalue weighted by Crippen LogP contribution is -2.65. The van der Waals surface area contributed by atoms with Gasteiger partial charge in [-0.15, -0.1) is 0 Å². The molecule has 0 radical (unpaired) electrons. The number of hydrogen-bond donors (Lipinski definition) is 0. The maximum atomic E-state index is 5.73. The van der Waals surface area contributed by atoms with Crippen LogP contribution in [-0.2, 0) is 23.7 Å². The van der Waals surface area contributed by atoms with Crippen molar-refractivity contribution in [3.8, 4) is 0 Å². The summed E-state index contributed by atoms with van der Waals surface area (Å²) in [6.45, 7) is 3.89. The van der Waals surface area contributed by atoms with Crippen LogP contribution in [-0.4, -0.2) is 58.6 Å². The first kappa shape index (κ1) is 13.9. The second-order valence-corrected chi connectivity index (χ2v) is 4.13. The minimum Gasteiger partial charge on any atom is -0.375 e. The van der Waals surface area contributed by atoms with E-state index in [1.807, 2.05) is 13.8 Å². The van der Waals surface area contributed by atoms with Crippen LogP contribution in [0.25, 0.3) is 0 Å². The highest BCUT2D eigenvalue weighted by molar-refractivity contribution is 5.00. The van der Waals surface area contributed by atoms with Gasteiger partial charge in [-0.2, -0.15) is 0 Å². The quantitative estimate of drug-likeness (QED) is 0.720. The van der Waals surface area contributed by atoms with Gasteiger partial charge in [0.05, 0.1) is 6.10 Å². The van der Waals surface area contributed by atoms with Crippen molar-refractivity contribution < 1.29 is 23.7 Å². The van der Waals surface area contributed by atoms with Crippen molar-refractivity contribution in [2.45, 2.75) is 44.1 Å². The molecule has 5 heteroatoms. The Morgan fingerprint density at radius 1 is 1.00 bits per heavy atom. The van der Waals surface area contributed by atoms with Gasteiger partial charge < -0.3 is 23.7 Å². The summed E-state index contributed by atoms with van der Waals surface area (Å²) in [5.41, 5.74) is -0.551. The first-order chi connectivity index (χ1) is 7.54. The standard InChI is InChI=1S/C11H22O5/c1-7-11(2,15-6)9(13-4)8(12-3)10(14-5)16-7/h7-10H,1-6H3/t7-,8+,9+,10-,11+/m0/s1. The van der Waals surface area contributed by atoms with E-state index in [0.717, 1.165) is 0 Å². The zero-order valence-electron chi connectivity index (χ0n) is 10.9. The summed E-state index contributed by atoms with van der Waals surface area (Å²) in [6.07, 6.45) is -1.13. The molecular weight excluding hydrogens is 212 g/mol. The summed E-state index contributed by atoms with van der Waals surface area (Å²) in [5, 5.41) is 0. The smallest absolute Gasteiger partial charge is 0.186 e. The molecule has 1 aliphatic heterocycles. The summed E-state index contributed by atoms with van der Waals surface area (Å²) in [4.78, 5) is 0. The highest BCUT2D eigenvalue weighted by Crippen LogP contribution is 2.35.